The summed E-state index contributed by atoms with van der Waals surface area (Å²) in [5.41, 5.74) is 0.403. The van der Waals surface area contributed by atoms with Gasteiger partial charge >= 0.3 is 0 Å². The fourth-order valence-electron chi connectivity index (χ4n) is 3.28. The van der Waals surface area contributed by atoms with Crippen LogP contribution in [0.15, 0.2) is 0 Å². The van der Waals surface area contributed by atoms with E-state index in [1.54, 1.807) is 4.68 Å². The summed E-state index contributed by atoms with van der Waals surface area (Å²) in [4.78, 5) is 4.74. The Hall–Kier alpha value is -1.17. The second kappa shape index (κ2) is 3.16. The predicted octanol–water partition coefficient (Wildman–Crippen LogP) is -0.402. The Kier molecular flexibility index (Phi) is 1.98. The Morgan fingerprint density at radius 1 is 1.25 bits per heavy atom. The van der Waals surface area contributed by atoms with Crippen molar-refractivity contribution in [3.05, 3.63) is 0 Å². The van der Waals surface area contributed by atoms with Crippen molar-refractivity contribution < 1.29 is 0 Å². The molecule has 88 valence electrons. The predicted molar refractivity (Wildman–Crippen MR) is 60.1 cm³/mol. The fourth-order valence-corrected chi connectivity index (χ4v) is 3.28. The van der Waals surface area contributed by atoms with Crippen molar-refractivity contribution in [1.29, 1.82) is 0 Å². The van der Waals surface area contributed by atoms with Crippen LogP contribution in [0.3, 0.4) is 0 Å². The van der Waals surface area contributed by atoms with E-state index in [1.807, 2.05) is 7.05 Å². The van der Waals surface area contributed by atoms with Crippen LogP contribution in [0.5, 0.6) is 0 Å². The van der Waals surface area contributed by atoms with Crippen LogP contribution < -0.4 is 4.90 Å². The highest BCUT2D eigenvalue weighted by molar-refractivity contribution is 5.33. The number of likely N-dealkylation sites (tertiary alicyclic amines) is 1. The Labute approximate surface area is 95.2 Å². The van der Waals surface area contributed by atoms with E-state index in [0.29, 0.717) is 5.41 Å². The summed E-state index contributed by atoms with van der Waals surface area (Å²) in [5.74, 6) is 1.65. The second-order valence-corrected chi connectivity index (χ2v) is 5.53. The van der Waals surface area contributed by atoms with E-state index in [9.17, 15) is 0 Å². The molecule has 0 amide bonds. The number of fused-ring (bicyclic) bond motifs is 1. The number of aryl methyl sites for hydroxylation is 1. The maximum absolute atomic E-state index is 4.09. The smallest absolute Gasteiger partial charge is 0.245 e. The van der Waals surface area contributed by atoms with Crippen molar-refractivity contribution in [3.8, 4) is 0 Å². The van der Waals surface area contributed by atoms with Crippen LogP contribution >= 0.6 is 0 Å². The van der Waals surface area contributed by atoms with Crippen molar-refractivity contribution >= 4 is 5.95 Å². The molecule has 2 fully saturated rings. The summed E-state index contributed by atoms with van der Waals surface area (Å²) >= 11 is 0. The summed E-state index contributed by atoms with van der Waals surface area (Å²) in [6.07, 6.45) is 0. The molecule has 0 aliphatic carbocycles. The minimum atomic E-state index is 0.403. The molecule has 6 nitrogen and oxygen atoms in total. The summed E-state index contributed by atoms with van der Waals surface area (Å²) in [6.45, 7) is 6.90. The molecule has 2 aliphatic heterocycles. The first kappa shape index (κ1) is 10.0. The molecule has 6 heteroatoms. The molecule has 0 saturated carbocycles. The molecule has 16 heavy (non-hydrogen) atoms. The molecule has 0 aromatic carbocycles. The van der Waals surface area contributed by atoms with E-state index in [4.69, 9.17) is 0 Å². The number of aromatic nitrogens is 4. The number of hydrogen-bond donors (Lipinski definition) is 0. The Morgan fingerprint density at radius 3 is 2.69 bits per heavy atom. The van der Waals surface area contributed by atoms with Gasteiger partial charge in [-0.1, -0.05) is 12.0 Å². The molecular weight excluding hydrogens is 204 g/mol. The summed E-state index contributed by atoms with van der Waals surface area (Å²) in [7, 11) is 4.11. The molecule has 1 aromatic rings. The second-order valence-electron chi connectivity index (χ2n) is 5.53. The van der Waals surface area contributed by atoms with Gasteiger partial charge < -0.3 is 9.80 Å². The van der Waals surface area contributed by atoms with Gasteiger partial charge in [-0.2, -0.15) is 0 Å². The fraction of sp³-hybridized carbons (Fsp3) is 0.900. The third kappa shape index (κ3) is 1.32. The molecule has 0 bridgehead atoms. The lowest BCUT2D eigenvalue weighted by molar-refractivity contribution is 0.313. The quantitative estimate of drug-likeness (QED) is 0.647. The minimum Gasteiger partial charge on any atom is -0.339 e. The molecule has 2 saturated heterocycles. The molecule has 0 radical (unpaired) electrons. The van der Waals surface area contributed by atoms with E-state index in [-0.39, 0.29) is 0 Å². The van der Waals surface area contributed by atoms with Gasteiger partial charge in [-0.3, -0.25) is 0 Å². The first-order chi connectivity index (χ1) is 7.58. The van der Waals surface area contributed by atoms with Gasteiger partial charge in [0, 0.05) is 38.6 Å². The molecule has 3 rings (SSSR count). The minimum absolute atomic E-state index is 0.403. The Balaban J connectivity index is 1.83. The average Bonchev–Trinajstić information content (AvgIpc) is 2.77. The van der Waals surface area contributed by atoms with Crippen molar-refractivity contribution in [2.75, 3.05) is 38.1 Å². The Morgan fingerprint density at radius 2 is 2.06 bits per heavy atom. The maximum atomic E-state index is 4.09. The van der Waals surface area contributed by atoms with E-state index < -0.39 is 0 Å². The maximum Gasteiger partial charge on any atom is 0.245 e. The van der Waals surface area contributed by atoms with Crippen LogP contribution in [-0.4, -0.2) is 58.3 Å². The van der Waals surface area contributed by atoms with Gasteiger partial charge in [0.2, 0.25) is 5.95 Å². The number of nitrogens with zero attached hydrogens (tertiary/aromatic N) is 6. The van der Waals surface area contributed by atoms with Gasteiger partial charge in [0.15, 0.2) is 0 Å². The molecule has 0 N–H and O–H groups in total. The standard InChI is InChI=1S/C10H18N6/c1-10-6-14(2)4-8(10)5-16(7-10)9-11-12-13-15(9)3/h8H,4-7H2,1-3H3/t8-,10+/m1/s1. The molecule has 2 atom stereocenters. The highest BCUT2D eigenvalue weighted by Crippen LogP contribution is 2.42. The summed E-state index contributed by atoms with van der Waals surface area (Å²) in [5, 5.41) is 11.7. The van der Waals surface area contributed by atoms with Gasteiger partial charge in [-0.15, -0.1) is 0 Å². The SMILES string of the molecule is CN1C[C@@H]2CN(c3nnnn3C)C[C@]2(C)C1. The molecule has 0 spiro atoms. The zero-order valence-electron chi connectivity index (χ0n) is 10.1. The van der Waals surface area contributed by atoms with Crippen LogP contribution in [0.1, 0.15) is 6.92 Å². The highest BCUT2D eigenvalue weighted by atomic mass is 15.6. The number of anilines is 1. The largest absolute Gasteiger partial charge is 0.339 e. The van der Waals surface area contributed by atoms with Crippen molar-refractivity contribution in [2.24, 2.45) is 18.4 Å². The third-order valence-electron chi connectivity index (χ3n) is 4.02. The van der Waals surface area contributed by atoms with E-state index in [1.165, 1.54) is 13.1 Å². The molecule has 1 aromatic heterocycles. The Bertz CT molecular complexity index is 402. The zero-order chi connectivity index (χ0) is 11.3. The molecule has 3 heterocycles. The van der Waals surface area contributed by atoms with Gasteiger partial charge in [-0.05, 0) is 23.4 Å². The van der Waals surface area contributed by atoms with Gasteiger partial charge in [0.1, 0.15) is 0 Å². The molecular formula is C10H18N6. The zero-order valence-corrected chi connectivity index (χ0v) is 10.1. The van der Waals surface area contributed by atoms with Crippen molar-refractivity contribution in [2.45, 2.75) is 6.92 Å². The highest BCUT2D eigenvalue weighted by Gasteiger charge is 2.49. The van der Waals surface area contributed by atoms with Crippen LogP contribution in [-0.2, 0) is 7.05 Å². The lowest BCUT2D eigenvalue weighted by Gasteiger charge is -2.23. The van der Waals surface area contributed by atoms with Crippen LogP contribution in [0.25, 0.3) is 0 Å². The van der Waals surface area contributed by atoms with Crippen LogP contribution in [0, 0.1) is 11.3 Å². The average molecular weight is 222 g/mol. The van der Waals surface area contributed by atoms with Crippen molar-refractivity contribution in [1.82, 2.24) is 25.1 Å². The number of hydrogen-bond acceptors (Lipinski definition) is 5. The monoisotopic (exact) mass is 222 g/mol. The van der Waals surface area contributed by atoms with Gasteiger partial charge in [0.05, 0.1) is 0 Å². The topological polar surface area (TPSA) is 50.1 Å². The lowest BCUT2D eigenvalue weighted by Crippen LogP contribution is -2.32. The number of tetrazole rings is 1. The number of rotatable bonds is 1. The van der Waals surface area contributed by atoms with Crippen LogP contribution in [0.4, 0.5) is 5.95 Å². The first-order valence-electron chi connectivity index (χ1n) is 5.74. The molecule has 0 unspecified atom stereocenters. The van der Waals surface area contributed by atoms with E-state index in [0.717, 1.165) is 25.0 Å². The van der Waals surface area contributed by atoms with Crippen molar-refractivity contribution in [3.63, 3.8) is 0 Å². The van der Waals surface area contributed by atoms with Gasteiger partial charge in [0.25, 0.3) is 0 Å². The molecule has 2 aliphatic rings. The van der Waals surface area contributed by atoms with E-state index >= 15 is 0 Å². The van der Waals surface area contributed by atoms with E-state index in [2.05, 4.69) is 39.3 Å². The summed E-state index contributed by atoms with van der Waals surface area (Å²) in [6, 6.07) is 0. The van der Waals surface area contributed by atoms with Gasteiger partial charge in [-0.25, -0.2) is 4.68 Å². The third-order valence-corrected chi connectivity index (χ3v) is 4.02. The summed E-state index contributed by atoms with van der Waals surface area (Å²) < 4.78 is 1.76. The lowest BCUT2D eigenvalue weighted by atomic mass is 9.83. The normalized spacial score (nSPS) is 34.7. The van der Waals surface area contributed by atoms with Crippen LogP contribution in [0.2, 0.25) is 0 Å². The first-order valence-corrected chi connectivity index (χ1v) is 5.74.